The molecule has 1 amide bonds. The average molecular weight is 374 g/mol. The fourth-order valence-electron chi connectivity index (χ4n) is 4.10. The maximum Gasteiger partial charge on any atom is 0.338 e. The molecule has 6 heteroatoms. The second-order valence-electron chi connectivity index (χ2n) is 6.90. The molecule has 0 atom stereocenters. The van der Waals surface area contributed by atoms with Gasteiger partial charge in [0, 0.05) is 24.2 Å². The number of carbonyl (C=O) groups is 2. The monoisotopic (exact) mass is 374 g/mol. The maximum absolute atomic E-state index is 13.4. The van der Waals surface area contributed by atoms with Crippen LogP contribution in [0.25, 0.3) is 27.7 Å². The number of nitrogens with zero attached hydrogens (tertiary/aromatic N) is 2. The van der Waals surface area contributed by atoms with Gasteiger partial charge >= 0.3 is 5.97 Å². The predicted molar refractivity (Wildman–Crippen MR) is 105 cm³/mol. The highest BCUT2D eigenvalue weighted by molar-refractivity contribution is 6.18. The fraction of sp³-hybridized carbons (Fsp3) is 0.182. The topological polar surface area (TPSA) is 71.2 Å². The lowest BCUT2D eigenvalue weighted by Gasteiger charge is -2.27. The van der Waals surface area contributed by atoms with Crippen molar-refractivity contribution in [3.8, 4) is 11.1 Å². The van der Waals surface area contributed by atoms with Crippen molar-refractivity contribution in [2.45, 2.75) is 0 Å². The highest BCUT2D eigenvalue weighted by Gasteiger charge is 2.32. The van der Waals surface area contributed by atoms with Crippen molar-refractivity contribution in [2.24, 2.45) is 0 Å². The second-order valence-corrected chi connectivity index (χ2v) is 6.90. The van der Waals surface area contributed by atoms with Crippen LogP contribution in [0.4, 0.5) is 0 Å². The number of aromatic nitrogens is 1. The number of pyridine rings is 1. The van der Waals surface area contributed by atoms with Crippen molar-refractivity contribution in [3.63, 3.8) is 0 Å². The Hall–Kier alpha value is -3.38. The summed E-state index contributed by atoms with van der Waals surface area (Å²) < 4.78 is 7.24. The zero-order valence-electron chi connectivity index (χ0n) is 15.1. The van der Waals surface area contributed by atoms with Gasteiger partial charge in [-0.3, -0.25) is 4.79 Å². The van der Waals surface area contributed by atoms with Crippen LogP contribution in [-0.4, -0.2) is 52.6 Å². The van der Waals surface area contributed by atoms with Gasteiger partial charge in [0.1, 0.15) is 0 Å². The van der Waals surface area contributed by atoms with Gasteiger partial charge in [-0.2, -0.15) is 0 Å². The molecule has 0 radical (unpaired) electrons. The molecule has 1 aliphatic heterocycles. The summed E-state index contributed by atoms with van der Waals surface area (Å²) in [7, 11) is 0. The van der Waals surface area contributed by atoms with E-state index in [0.29, 0.717) is 37.3 Å². The first-order valence-electron chi connectivity index (χ1n) is 9.22. The molecule has 140 valence electrons. The summed E-state index contributed by atoms with van der Waals surface area (Å²) >= 11 is 0. The minimum atomic E-state index is -1.09. The third kappa shape index (κ3) is 2.38. The van der Waals surface area contributed by atoms with E-state index in [0.717, 1.165) is 16.6 Å². The number of amides is 1. The normalized spacial score (nSPS) is 14.8. The fourth-order valence-corrected chi connectivity index (χ4v) is 4.10. The van der Waals surface area contributed by atoms with Crippen molar-refractivity contribution >= 4 is 28.4 Å². The quantitative estimate of drug-likeness (QED) is 0.597. The SMILES string of the molecule is O=C(O)c1c(C(=O)N2CCOCC2)c2c(-c3ccccc3)cc3cccc1n32. The van der Waals surface area contributed by atoms with Gasteiger partial charge in [0.2, 0.25) is 0 Å². The number of carbonyl (C=O) groups excluding carboxylic acids is 1. The lowest BCUT2D eigenvalue weighted by Crippen LogP contribution is -2.41. The van der Waals surface area contributed by atoms with Crippen molar-refractivity contribution in [1.29, 1.82) is 0 Å². The Morgan fingerprint density at radius 3 is 2.39 bits per heavy atom. The minimum absolute atomic E-state index is 0.0647. The Bertz CT molecular complexity index is 1190. The van der Waals surface area contributed by atoms with Gasteiger partial charge in [-0.15, -0.1) is 0 Å². The van der Waals surface area contributed by atoms with Crippen molar-refractivity contribution in [2.75, 3.05) is 26.3 Å². The van der Waals surface area contributed by atoms with Gasteiger partial charge in [0.25, 0.3) is 5.91 Å². The van der Waals surface area contributed by atoms with Gasteiger partial charge in [-0.1, -0.05) is 36.4 Å². The van der Waals surface area contributed by atoms with E-state index in [1.54, 1.807) is 11.0 Å². The number of hydrogen-bond donors (Lipinski definition) is 1. The first kappa shape index (κ1) is 16.8. The smallest absolute Gasteiger partial charge is 0.338 e. The first-order chi connectivity index (χ1) is 13.7. The van der Waals surface area contributed by atoms with Gasteiger partial charge in [0.15, 0.2) is 0 Å². The van der Waals surface area contributed by atoms with Gasteiger partial charge in [-0.25, -0.2) is 4.79 Å². The summed E-state index contributed by atoms with van der Waals surface area (Å²) in [4.78, 5) is 27.3. The van der Waals surface area contributed by atoms with Gasteiger partial charge in [-0.05, 0) is 23.8 Å². The molecule has 6 nitrogen and oxygen atoms in total. The molecule has 1 fully saturated rings. The highest BCUT2D eigenvalue weighted by Crippen LogP contribution is 2.38. The van der Waals surface area contributed by atoms with Gasteiger partial charge in [0.05, 0.1) is 35.4 Å². The molecule has 1 aromatic carbocycles. The van der Waals surface area contributed by atoms with E-state index in [1.807, 2.05) is 52.9 Å². The summed E-state index contributed by atoms with van der Waals surface area (Å²) in [5, 5.41) is 9.97. The van der Waals surface area contributed by atoms with E-state index in [-0.39, 0.29) is 17.0 Å². The summed E-state index contributed by atoms with van der Waals surface area (Å²) in [6.07, 6.45) is 0. The van der Waals surface area contributed by atoms with Crippen LogP contribution in [0.3, 0.4) is 0 Å². The Kier molecular flexibility index (Phi) is 3.80. The van der Waals surface area contributed by atoms with E-state index < -0.39 is 5.97 Å². The van der Waals surface area contributed by atoms with Crippen LogP contribution in [0.5, 0.6) is 0 Å². The molecular formula is C22H18N2O4. The predicted octanol–water partition coefficient (Wildman–Crippen LogP) is 3.37. The third-order valence-corrected chi connectivity index (χ3v) is 5.34. The summed E-state index contributed by atoms with van der Waals surface area (Å²) in [6, 6.07) is 17.3. The Morgan fingerprint density at radius 2 is 1.68 bits per heavy atom. The van der Waals surface area contributed by atoms with Crippen LogP contribution in [0.15, 0.2) is 54.6 Å². The largest absolute Gasteiger partial charge is 0.478 e. The molecule has 0 bridgehead atoms. The minimum Gasteiger partial charge on any atom is -0.478 e. The van der Waals surface area contributed by atoms with Crippen molar-refractivity contribution in [3.05, 3.63) is 65.7 Å². The number of ether oxygens (including phenoxy) is 1. The second kappa shape index (κ2) is 6.35. The Morgan fingerprint density at radius 1 is 0.929 bits per heavy atom. The molecule has 3 aromatic heterocycles. The molecule has 1 N–H and O–H groups in total. The van der Waals surface area contributed by atoms with Crippen LogP contribution in [-0.2, 0) is 4.74 Å². The highest BCUT2D eigenvalue weighted by atomic mass is 16.5. The van der Waals surface area contributed by atoms with E-state index >= 15 is 0 Å². The van der Waals surface area contributed by atoms with Crippen molar-refractivity contribution in [1.82, 2.24) is 9.30 Å². The lowest BCUT2D eigenvalue weighted by atomic mass is 10.0. The number of morpholine rings is 1. The number of aromatic carboxylic acids is 1. The van der Waals surface area contributed by atoms with Crippen LogP contribution in [0, 0.1) is 0 Å². The van der Waals surface area contributed by atoms with Crippen LogP contribution < -0.4 is 0 Å². The van der Waals surface area contributed by atoms with Crippen LogP contribution in [0.2, 0.25) is 0 Å². The van der Waals surface area contributed by atoms with E-state index in [1.165, 1.54) is 0 Å². The number of rotatable bonds is 3. The molecule has 1 saturated heterocycles. The molecule has 0 spiro atoms. The standard InChI is InChI=1S/C22H18N2O4/c25-21(23-9-11-28-12-10-23)19-18(22(26)27)17-8-4-7-15-13-16(20(19)24(15)17)14-5-2-1-3-6-14/h1-8,13H,9-12H2,(H,26,27). The number of hydrogen-bond acceptors (Lipinski definition) is 3. The Labute approximate surface area is 160 Å². The Balaban J connectivity index is 1.85. The summed E-state index contributed by atoms with van der Waals surface area (Å²) in [6.45, 7) is 1.84. The van der Waals surface area contributed by atoms with Crippen LogP contribution >= 0.6 is 0 Å². The van der Waals surface area contributed by atoms with E-state index in [2.05, 4.69) is 0 Å². The molecular weight excluding hydrogens is 356 g/mol. The van der Waals surface area contributed by atoms with Crippen LogP contribution in [0.1, 0.15) is 20.7 Å². The number of carboxylic acids is 1. The van der Waals surface area contributed by atoms with Crippen molar-refractivity contribution < 1.29 is 19.4 Å². The average Bonchev–Trinajstić information content (AvgIpc) is 3.29. The lowest BCUT2D eigenvalue weighted by molar-refractivity contribution is 0.0302. The molecule has 0 aliphatic carbocycles. The number of carboxylic acid groups (broad SMARTS) is 1. The molecule has 4 heterocycles. The summed E-state index contributed by atoms with van der Waals surface area (Å²) in [5.41, 5.74) is 4.20. The maximum atomic E-state index is 13.4. The molecule has 5 rings (SSSR count). The molecule has 0 saturated carbocycles. The zero-order valence-corrected chi connectivity index (χ0v) is 15.1. The number of benzene rings is 1. The zero-order chi connectivity index (χ0) is 19.3. The molecule has 4 aromatic rings. The molecule has 0 unspecified atom stereocenters. The third-order valence-electron chi connectivity index (χ3n) is 5.34. The summed E-state index contributed by atoms with van der Waals surface area (Å²) in [5.74, 6) is -1.35. The van der Waals surface area contributed by atoms with E-state index in [9.17, 15) is 14.7 Å². The first-order valence-corrected chi connectivity index (χ1v) is 9.22. The molecule has 1 aliphatic rings. The van der Waals surface area contributed by atoms with E-state index in [4.69, 9.17) is 4.74 Å². The van der Waals surface area contributed by atoms with Gasteiger partial charge < -0.3 is 19.1 Å². The molecule has 28 heavy (non-hydrogen) atoms.